The van der Waals surface area contributed by atoms with Gasteiger partial charge < -0.3 is 10.1 Å². The summed E-state index contributed by atoms with van der Waals surface area (Å²) >= 11 is 3.30. The Hall–Kier alpha value is -1.63. The highest BCUT2D eigenvalue weighted by molar-refractivity contribution is 9.09. The van der Waals surface area contributed by atoms with Crippen LogP contribution >= 0.6 is 15.9 Å². The highest BCUT2D eigenvalue weighted by Gasteiger charge is 2.53. The van der Waals surface area contributed by atoms with E-state index in [2.05, 4.69) is 26.6 Å². The maximum Gasteiger partial charge on any atom is 0.322 e. The molecule has 1 aromatic carbocycles. The van der Waals surface area contributed by atoms with Crippen LogP contribution in [-0.2, 0) is 10.3 Å². The molecule has 3 rings (SSSR count). The van der Waals surface area contributed by atoms with Crippen molar-refractivity contribution in [3.63, 3.8) is 0 Å². The molecule has 1 spiro atoms. The van der Waals surface area contributed by atoms with Crippen molar-refractivity contribution in [2.75, 3.05) is 5.33 Å². The lowest BCUT2D eigenvalue weighted by atomic mass is 9.82. The Morgan fingerprint density at radius 1 is 1.47 bits per heavy atom. The number of benzene rings is 1. The highest BCUT2D eigenvalue weighted by atomic mass is 79.9. The van der Waals surface area contributed by atoms with E-state index >= 15 is 0 Å². The van der Waals surface area contributed by atoms with Crippen LogP contribution in [0.1, 0.15) is 12.0 Å². The number of halogens is 2. The molecule has 0 aromatic heterocycles. The zero-order valence-electron chi connectivity index (χ0n) is 9.70. The Morgan fingerprint density at radius 3 is 2.89 bits per heavy atom. The third-order valence-electron chi connectivity index (χ3n) is 3.34. The molecule has 3 amide bonds. The fourth-order valence-electron chi connectivity index (χ4n) is 2.52. The summed E-state index contributed by atoms with van der Waals surface area (Å²) in [5.74, 6) is -0.541. The number of carbonyl (C=O) groups excluding carboxylic acids is 2. The van der Waals surface area contributed by atoms with E-state index in [1.54, 1.807) is 0 Å². The number of imide groups is 1. The first-order chi connectivity index (χ1) is 9.05. The van der Waals surface area contributed by atoms with Crippen LogP contribution in [0.15, 0.2) is 18.2 Å². The van der Waals surface area contributed by atoms with E-state index in [-0.39, 0.29) is 12.5 Å². The maximum absolute atomic E-state index is 13.4. The van der Waals surface area contributed by atoms with Crippen molar-refractivity contribution >= 4 is 27.9 Å². The van der Waals surface area contributed by atoms with E-state index in [9.17, 15) is 14.0 Å². The van der Waals surface area contributed by atoms with Crippen molar-refractivity contribution in [1.29, 1.82) is 0 Å². The minimum absolute atomic E-state index is 0.256. The number of carbonyl (C=O) groups is 2. The number of nitrogens with one attached hydrogen (secondary N) is 2. The first-order valence-corrected chi connectivity index (χ1v) is 6.83. The molecule has 2 aliphatic heterocycles. The minimum Gasteiger partial charge on any atom is -0.489 e. The van der Waals surface area contributed by atoms with Crippen LogP contribution in [0, 0.1) is 5.82 Å². The lowest BCUT2D eigenvalue weighted by molar-refractivity contribution is -0.126. The number of amides is 3. The van der Waals surface area contributed by atoms with Gasteiger partial charge in [-0.15, -0.1) is 0 Å². The van der Waals surface area contributed by atoms with Gasteiger partial charge in [0.1, 0.15) is 17.7 Å². The van der Waals surface area contributed by atoms with Gasteiger partial charge in [0.15, 0.2) is 5.54 Å². The van der Waals surface area contributed by atoms with Gasteiger partial charge in [-0.05, 0) is 18.2 Å². The van der Waals surface area contributed by atoms with Gasteiger partial charge in [0.2, 0.25) is 0 Å². The summed E-state index contributed by atoms with van der Waals surface area (Å²) in [4.78, 5) is 23.5. The lowest BCUT2D eigenvalue weighted by Crippen LogP contribution is -2.50. The molecule has 2 heterocycles. The normalized spacial score (nSPS) is 28.6. The quantitative estimate of drug-likeness (QED) is 0.605. The fourth-order valence-corrected chi connectivity index (χ4v) is 2.88. The number of hydrogen-bond acceptors (Lipinski definition) is 3. The van der Waals surface area contributed by atoms with Gasteiger partial charge >= 0.3 is 6.03 Å². The highest BCUT2D eigenvalue weighted by Crippen LogP contribution is 2.41. The van der Waals surface area contributed by atoms with Crippen molar-refractivity contribution in [1.82, 2.24) is 10.6 Å². The Balaban J connectivity index is 2.17. The molecule has 2 N–H and O–H groups in total. The number of fused-ring (bicyclic) bond motifs is 2. The van der Waals surface area contributed by atoms with Crippen LogP contribution in [0.4, 0.5) is 9.18 Å². The summed E-state index contributed by atoms with van der Waals surface area (Å²) in [6, 6.07) is 3.39. The molecule has 2 aliphatic rings. The summed E-state index contributed by atoms with van der Waals surface area (Å²) < 4.78 is 19.1. The van der Waals surface area contributed by atoms with Crippen LogP contribution in [-0.4, -0.2) is 23.4 Å². The van der Waals surface area contributed by atoms with Crippen LogP contribution in [0.2, 0.25) is 0 Å². The first kappa shape index (κ1) is 12.4. The lowest BCUT2D eigenvalue weighted by Gasteiger charge is -2.37. The molecule has 0 bridgehead atoms. The predicted octanol–water partition coefficient (Wildman–Crippen LogP) is 1.41. The van der Waals surface area contributed by atoms with Crippen LogP contribution in [0.3, 0.4) is 0 Å². The largest absolute Gasteiger partial charge is 0.489 e. The Labute approximate surface area is 116 Å². The first-order valence-electron chi connectivity index (χ1n) is 5.71. The molecule has 1 aromatic rings. The summed E-state index contributed by atoms with van der Waals surface area (Å²) in [5, 5.41) is 5.31. The Kier molecular flexibility index (Phi) is 2.74. The zero-order valence-corrected chi connectivity index (χ0v) is 11.3. The molecule has 1 fully saturated rings. The number of urea groups is 1. The average molecular weight is 329 g/mol. The monoisotopic (exact) mass is 328 g/mol. The Bertz CT molecular complexity index is 580. The van der Waals surface area contributed by atoms with E-state index in [1.165, 1.54) is 18.2 Å². The number of hydrogen-bond donors (Lipinski definition) is 2. The number of ether oxygens (including phenoxy) is 1. The number of alkyl halides is 1. The Morgan fingerprint density at radius 2 is 2.26 bits per heavy atom. The van der Waals surface area contributed by atoms with Crippen LogP contribution < -0.4 is 15.4 Å². The van der Waals surface area contributed by atoms with Crippen molar-refractivity contribution in [2.45, 2.75) is 18.1 Å². The standard InChI is InChI=1S/C12H10BrFN2O3/c13-5-7-4-12(10(17)15-11(18)16-12)8-3-6(14)1-2-9(8)19-7/h1-3,7H,4-5H2,(H2,15,16,17,18). The maximum atomic E-state index is 13.4. The number of rotatable bonds is 1. The fraction of sp³-hybridized carbons (Fsp3) is 0.333. The van der Waals surface area contributed by atoms with E-state index < -0.39 is 23.3 Å². The van der Waals surface area contributed by atoms with Gasteiger partial charge in [0.25, 0.3) is 5.91 Å². The van der Waals surface area contributed by atoms with Gasteiger partial charge in [-0.1, -0.05) is 15.9 Å². The molecule has 0 saturated carbocycles. The minimum atomic E-state index is -1.24. The van der Waals surface area contributed by atoms with Gasteiger partial charge in [0.05, 0.1) is 0 Å². The van der Waals surface area contributed by atoms with E-state index in [4.69, 9.17) is 4.74 Å². The topological polar surface area (TPSA) is 67.4 Å². The van der Waals surface area contributed by atoms with Crippen LogP contribution in [0.5, 0.6) is 5.75 Å². The molecule has 19 heavy (non-hydrogen) atoms. The summed E-state index contributed by atoms with van der Waals surface area (Å²) in [6.07, 6.45) is -0.0196. The molecule has 2 atom stereocenters. The summed E-state index contributed by atoms with van der Waals surface area (Å²) in [6.45, 7) is 0. The molecule has 5 nitrogen and oxygen atoms in total. The summed E-state index contributed by atoms with van der Waals surface area (Å²) in [7, 11) is 0. The van der Waals surface area contributed by atoms with Crippen molar-refractivity contribution < 1.29 is 18.7 Å². The molecule has 0 radical (unpaired) electrons. The molecule has 2 unspecified atom stereocenters. The second-order valence-corrected chi connectivity index (χ2v) is 5.20. The van der Waals surface area contributed by atoms with Crippen LogP contribution in [0.25, 0.3) is 0 Å². The molecular formula is C12H10BrFN2O3. The van der Waals surface area contributed by atoms with Gasteiger partial charge in [0, 0.05) is 17.3 Å². The molecule has 1 saturated heterocycles. The SMILES string of the molecule is O=C1NC(=O)C2(CC(CBr)Oc3ccc(F)cc32)N1. The van der Waals surface area contributed by atoms with Gasteiger partial charge in [-0.2, -0.15) is 0 Å². The van der Waals surface area contributed by atoms with Gasteiger partial charge in [-0.3, -0.25) is 10.1 Å². The van der Waals surface area contributed by atoms with E-state index in [0.29, 0.717) is 16.6 Å². The third-order valence-corrected chi connectivity index (χ3v) is 4.06. The van der Waals surface area contributed by atoms with E-state index in [1.807, 2.05) is 0 Å². The van der Waals surface area contributed by atoms with Crippen molar-refractivity contribution in [3.8, 4) is 5.75 Å². The second kappa shape index (κ2) is 4.19. The molecular weight excluding hydrogens is 319 g/mol. The zero-order chi connectivity index (χ0) is 13.6. The second-order valence-electron chi connectivity index (χ2n) is 4.55. The van der Waals surface area contributed by atoms with E-state index in [0.717, 1.165) is 0 Å². The molecule has 7 heteroatoms. The van der Waals surface area contributed by atoms with Gasteiger partial charge in [-0.25, -0.2) is 9.18 Å². The third kappa shape index (κ3) is 1.80. The average Bonchev–Trinajstić information content (AvgIpc) is 2.65. The summed E-state index contributed by atoms with van der Waals surface area (Å²) in [5.41, 5.74) is -0.890. The van der Waals surface area contributed by atoms with Crippen molar-refractivity contribution in [2.24, 2.45) is 0 Å². The molecule has 0 aliphatic carbocycles. The smallest absolute Gasteiger partial charge is 0.322 e. The predicted molar refractivity (Wildman–Crippen MR) is 67.6 cm³/mol. The van der Waals surface area contributed by atoms with Crippen molar-refractivity contribution in [3.05, 3.63) is 29.6 Å². The molecule has 100 valence electrons.